The van der Waals surface area contributed by atoms with Crippen LogP contribution in [0.4, 0.5) is 0 Å². The number of nitrogens with one attached hydrogen (secondary N) is 2. The van der Waals surface area contributed by atoms with E-state index < -0.39 is 12.0 Å². The van der Waals surface area contributed by atoms with Crippen LogP contribution in [0.15, 0.2) is 0 Å². The van der Waals surface area contributed by atoms with Crippen molar-refractivity contribution in [3.8, 4) is 0 Å². The Balaban J connectivity index is 2.40. The van der Waals surface area contributed by atoms with Gasteiger partial charge in [-0.05, 0) is 19.8 Å². The molecule has 0 radical (unpaired) electrons. The first-order chi connectivity index (χ1) is 8.52. The van der Waals surface area contributed by atoms with Crippen LogP contribution < -0.4 is 10.6 Å². The Morgan fingerprint density at radius 1 is 1.50 bits per heavy atom. The van der Waals surface area contributed by atoms with Crippen molar-refractivity contribution in [1.82, 2.24) is 10.6 Å². The fourth-order valence-electron chi connectivity index (χ4n) is 2.05. The summed E-state index contributed by atoms with van der Waals surface area (Å²) in [7, 11) is 1.31. The Morgan fingerprint density at radius 3 is 2.78 bits per heavy atom. The van der Waals surface area contributed by atoms with Crippen LogP contribution >= 0.6 is 0 Å². The molecule has 1 saturated heterocycles. The second kappa shape index (κ2) is 7.33. The third kappa shape index (κ3) is 5.01. The van der Waals surface area contributed by atoms with Gasteiger partial charge < -0.3 is 20.1 Å². The fourth-order valence-corrected chi connectivity index (χ4v) is 2.05. The second-order valence-electron chi connectivity index (χ2n) is 4.59. The van der Waals surface area contributed by atoms with Crippen LogP contribution in [0.2, 0.25) is 0 Å². The van der Waals surface area contributed by atoms with E-state index in [2.05, 4.69) is 15.4 Å². The standard InChI is InChI=1S/C12H22N2O4/c1-8-6-10(4-5-18-8)13-7-11(12(16)17-3)14-9(2)15/h8,10-11,13H,4-7H2,1-3H3,(H,14,15). The number of carbonyl (C=O) groups is 2. The van der Waals surface area contributed by atoms with Crippen molar-refractivity contribution in [2.45, 2.75) is 44.9 Å². The lowest BCUT2D eigenvalue weighted by Gasteiger charge is -2.29. The molecule has 1 aliphatic heterocycles. The van der Waals surface area contributed by atoms with Gasteiger partial charge >= 0.3 is 5.97 Å². The highest BCUT2D eigenvalue weighted by molar-refractivity contribution is 5.83. The van der Waals surface area contributed by atoms with Crippen LogP contribution in [0.25, 0.3) is 0 Å². The number of carbonyl (C=O) groups excluding carboxylic acids is 2. The summed E-state index contributed by atoms with van der Waals surface area (Å²) in [6.45, 7) is 4.51. The lowest BCUT2D eigenvalue weighted by atomic mass is 10.0. The molecule has 0 bridgehead atoms. The molecule has 0 aliphatic carbocycles. The molecule has 0 aromatic carbocycles. The van der Waals surface area contributed by atoms with Gasteiger partial charge in [0.1, 0.15) is 6.04 Å². The van der Waals surface area contributed by atoms with E-state index in [9.17, 15) is 9.59 Å². The molecule has 3 atom stereocenters. The minimum Gasteiger partial charge on any atom is -0.467 e. The van der Waals surface area contributed by atoms with Gasteiger partial charge in [-0.25, -0.2) is 4.79 Å². The number of hydrogen-bond acceptors (Lipinski definition) is 5. The summed E-state index contributed by atoms with van der Waals surface area (Å²) in [5.41, 5.74) is 0. The molecule has 1 amide bonds. The van der Waals surface area contributed by atoms with E-state index in [1.807, 2.05) is 6.92 Å². The van der Waals surface area contributed by atoms with Crippen LogP contribution in [0.3, 0.4) is 0 Å². The first-order valence-corrected chi connectivity index (χ1v) is 6.22. The molecule has 1 fully saturated rings. The molecule has 3 unspecified atom stereocenters. The van der Waals surface area contributed by atoms with Crippen LogP contribution in [0.1, 0.15) is 26.7 Å². The van der Waals surface area contributed by atoms with Gasteiger partial charge in [-0.3, -0.25) is 4.79 Å². The van der Waals surface area contributed by atoms with E-state index in [0.29, 0.717) is 12.6 Å². The van der Waals surface area contributed by atoms with Gasteiger partial charge in [0.25, 0.3) is 0 Å². The molecule has 2 N–H and O–H groups in total. The molecule has 0 spiro atoms. The smallest absolute Gasteiger partial charge is 0.329 e. The molecule has 1 aliphatic rings. The number of methoxy groups -OCH3 is 1. The van der Waals surface area contributed by atoms with E-state index in [-0.39, 0.29) is 12.0 Å². The Morgan fingerprint density at radius 2 is 2.22 bits per heavy atom. The van der Waals surface area contributed by atoms with Crippen LogP contribution in [0, 0.1) is 0 Å². The van der Waals surface area contributed by atoms with Crippen LogP contribution in [0.5, 0.6) is 0 Å². The number of ether oxygens (including phenoxy) is 2. The molecule has 104 valence electrons. The van der Waals surface area contributed by atoms with Gasteiger partial charge in [-0.2, -0.15) is 0 Å². The Kier molecular flexibility index (Phi) is 6.07. The third-order valence-corrected chi connectivity index (χ3v) is 2.96. The predicted molar refractivity (Wildman–Crippen MR) is 66.1 cm³/mol. The number of esters is 1. The number of hydrogen-bond donors (Lipinski definition) is 2. The molecular weight excluding hydrogens is 236 g/mol. The number of rotatable bonds is 5. The zero-order valence-electron chi connectivity index (χ0n) is 11.2. The Bertz CT molecular complexity index is 296. The Labute approximate surface area is 107 Å². The fraction of sp³-hybridized carbons (Fsp3) is 0.833. The molecule has 0 aromatic rings. The first kappa shape index (κ1) is 14.9. The maximum Gasteiger partial charge on any atom is 0.329 e. The van der Waals surface area contributed by atoms with Crippen molar-refractivity contribution in [3.05, 3.63) is 0 Å². The quantitative estimate of drug-likeness (QED) is 0.669. The van der Waals surface area contributed by atoms with Crippen molar-refractivity contribution >= 4 is 11.9 Å². The normalized spacial score (nSPS) is 25.3. The molecule has 6 nitrogen and oxygen atoms in total. The maximum absolute atomic E-state index is 11.5. The highest BCUT2D eigenvalue weighted by Crippen LogP contribution is 2.12. The molecule has 0 saturated carbocycles. The van der Waals surface area contributed by atoms with Gasteiger partial charge in [0.2, 0.25) is 5.91 Å². The van der Waals surface area contributed by atoms with Gasteiger partial charge in [0.05, 0.1) is 13.2 Å². The van der Waals surface area contributed by atoms with Gasteiger partial charge in [0.15, 0.2) is 0 Å². The topological polar surface area (TPSA) is 76.7 Å². The summed E-state index contributed by atoms with van der Waals surface area (Å²) in [6.07, 6.45) is 2.06. The molecule has 1 rings (SSSR count). The van der Waals surface area contributed by atoms with E-state index in [1.165, 1.54) is 14.0 Å². The van der Waals surface area contributed by atoms with Crippen molar-refractivity contribution in [2.75, 3.05) is 20.3 Å². The minimum atomic E-state index is -0.634. The van der Waals surface area contributed by atoms with Gasteiger partial charge in [0, 0.05) is 26.1 Å². The van der Waals surface area contributed by atoms with Crippen molar-refractivity contribution < 1.29 is 19.1 Å². The average molecular weight is 258 g/mol. The summed E-state index contributed by atoms with van der Waals surface area (Å²) >= 11 is 0. The highest BCUT2D eigenvalue weighted by Gasteiger charge is 2.24. The monoisotopic (exact) mass is 258 g/mol. The van der Waals surface area contributed by atoms with Crippen molar-refractivity contribution in [2.24, 2.45) is 0 Å². The summed E-state index contributed by atoms with van der Waals surface area (Å²) in [5, 5.41) is 5.85. The predicted octanol–water partition coefficient (Wildman–Crippen LogP) is -0.179. The summed E-state index contributed by atoms with van der Waals surface area (Å²) < 4.78 is 10.1. The third-order valence-electron chi connectivity index (χ3n) is 2.96. The SMILES string of the molecule is COC(=O)C(CNC1CCOC(C)C1)NC(C)=O. The summed E-state index contributed by atoms with van der Waals surface area (Å²) in [6, 6.07) is -0.319. The van der Waals surface area contributed by atoms with Gasteiger partial charge in [-0.15, -0.1) is 0 Å². The first-order valence-electron chi connectivity index (χ1n) is 6.22. The highest BCUT2D eigenvalue weighted by atomic mass is 16.5. The largest absolute Gasteiger partial charge is 0.467 e. The van der Waals surface area contributed by atoms with E-state index in [4.69, 9.17) is 4.74 Å². The number of amides is 1. The van der Waals surface area contributed by atoms with Crippen LogP contribution in [-0.4, -0.2) is 50.3 Å². The van der Waals surface area contributed by atoms with E-state index in [0.717, 1.165) is 19.4 Å². The van der Waals surface area contributed by atoms with E-state index >= 15 is 0 Å². The minimum absolute atomic E-state index is 0.230. The average Bonchev–Trinajstić information content (AvgIpc) is 2.33. The Hall–Kier alpha value is -1.14. The van der Waals surface area contributed by atoms with Gasteiger partial charge in [-0.1, -0.05) is 0 Å². The second-order valence-corrected chi connectivity index (χ2v) is 4.59. The van der Waals surface area contributed by atoms with Crippen molar-refractivity contribution in [3.63, 3.8) is 0 Å². The maximum atomic E-state index is 11.5. The summed E-state index contributed by atoms with van der Waals surface area (Å²) in [5.74, 6) is -0.676. The van der Waals surface area contributed by atoms with Crippen molar-refractivity contribution in [1.29, 1.82) is 0 Å². The molecular formula is C12H22N2O4. The molecule has 0 aromatic heterocycles. The summed E-state index contributed by atoms with van der Waals surface area (Å²) in [4.78, 5) is 22.5. The van der Waals surface area contributed by atoms with E-state index in [1.54, 1.807) is 0 Å². The molecule has 1 heterocycles. The zero-order chi connectivity index (χ0) is 13.5. The zero-order valence-corrected chi connectivity index (χ0v) is 11.2. The molecule has 6 heteroatoms. The van der Waals surface area contributed by atoms with Crippen LogP contribution in [-0.2, 0) is 19.1 Å². The lowest BCUT2D eigenvalue weighted by Crippen LogP contribution is -2.50. The molecule has 18 heavy (non-hydrogen) atoms. The lowest BCUT2D eigenvalue weighted by molar-refractivity contribution is -0.144.